The number of amides is 2. The van der Waals surface area contributed by atoms with Gasteiger partial charge in [0.15, 0.2) is 5.43 Å². The SMILES string of the molecule is CNCCN=c1ccc2c3c1c(O)c1c(O)c(SC[C@H](NC(=O)[C@@H](N)CCC(=O)O)C(=O)NCC(=O)O)cc(=O)c1c3[nH]n2CCNCCO. The second-order valence-electron chi connectivity index (χ2n) is 11.3. The third kappa shape index (κ3) is 8.61. The molecule has 0 fully saturated rings. The normalized spacial score (nSPS) is 13.2. The summed E-state index contributed by atoms with van der Waals surface area (Å²) in [6.45, 7) is 1.37. The van der Waals surface area contributed by atoms with Crippen molar-refractivity contribution in [2.75, 3.05) is 52.1 Å². The van der Waals surface area contributed by atoms with Crippen molar-refractivity contribution in [3.63, 3.8) is 0 Å². The topological polar surface area (TPSA) is 294 Å². The molecule has 2 atom stereocenters. The lowest BCUT2D eigenvalue weighted by atomic mass is 9.98. The number of phenols is 2. The molecule has 0 aliphatic heterocycles. The lowest BCUT2D eigenvalue weighted by Gasteiger charge is -2.20. The molecule has 4 rings (SSSR count). The van der Waals surface area contributed by atoms with Gasteiger partial charge in [0.2, 0.25) is 11.8 Å². The Hall–Kier alpha value is -4.95. The van der Waals surface area contributed by atoms with E-state index >= 15 is 0 Å². The van der Waals surface area contributed by atoms with E-state index in [-0.39, 0.29) is 34.4 Å². The summed E-state index contributed by atoms with van der Waals surface area (Å²) < 4.78 is 1.78. The first-order valence-electron chi connectivity index (χ1n) is 15.7. The number of likely N-dealkylation sites (N-methyl/N-ethyl adjacent to an activating group) is 1. The molecule has 0 spiro atoms. The predicted octanol–water partition coefficient (Wildman–Crippen LogP) is -1.84. The monoisotopic (exact) mass is 716 g/mol. The zero-order valence-corrected chi connectivity index (χ0v) is 27.9. The third-order valence-corrected chi connectivity index (χ3v) is 8.93. The van der Waals surface area contributed by atoms with Crippen LogP contribution in [0.25, 0.3) is 32.6 Å². The number of H-pyrrole nitrogens is 1. The number of benzene rings is 3. The minimum atomic E-state index is -1.41. The highest BCUT2D eigenvalue weighted by molar-refractivity contribution is 7.99. The number of aromatic amines is 1. The molecule has 4 aromatic rings. The zero-order valence-electron chi connectivity index (χ0n) is 27.1. The maximum Gasteiger partial charge on any atom is 0.322 e. The Balaban J connectivity index is 1.79. The quantitative estimate of drug-likeness (QED) is 0.0289. The fourth-order valence-corrected chi connectivity index (χ4v) is 6.40. The first-order chi connectivity index (χ1) is 23.9. The van der Waals surface area contributed by atoms with Crippen LogP contribution in [-0.2, 0) is 25.7 Å². The van der Waals surface area contributed by atoms with Gasteiger partial charge in [0.25, 0.3) is 0 Å². The summed E-state index contributed by atoms with van der Waals surface area (Å²) in [4.78, 5) is 65.9. The molecule has 0 aliphatic carbocycles. The molecule has 3 aromatic carbocycles. The Morgan fingerprint density at radius 1 is 1.00 bits per heavy atom. The Bertz CT molecular complexity index is 2010. The molecule has 0 saturated carbocycles. The van der Waals surface area contributed by atoms with Crippen LogP contribution in [-0.4, -0.2) is 123 Å². The van der Waals surface area contributed by atoms with Gasteiger partial charge in [-0.3, -0.25) is 38.7 Å². The molecule has 270 valence electrons. The van der Waals surface area contributed by atoms with E-state index in [2.05, 4.69) is 31.4 Å². The van der Waals surface area contributed by atoms with Gasteiger partial charge in [-0.15, -0.1) is 11.8 Å². The van der Waals surface area contributed by atoms with E-state index in [1.165, 1.54) is 0 Å². The van der Waals surface area contributed by atoms with Gasteiger partial charge in [0.05, 0.1) is 63.2 Å². The number of aromatic nitrogens is 2. The minimum absolute atomic E-state index is 0.00440. The van der Waals surface area contributed by atoms with Crippen LogP contribution in [0.3, 0.4) is 0 Å². The number of hydrogen-bond donors (Lipinski definition) is 11. The number of carbonyl (C=O) groups excluding carboxylic acids is 2. The van der Waals surface area contributed by atoms with Crippen LogP contribution in [0.2, 0.25) is 0 Å². The van der Waals surface area contributed by atoms with Crippen molar-refractivity contribution in [2.24, 2.45) is 10.7 Å². The molecule has 19 heteroatoms. The number of thioether (sulfide) groups is 1. The fourth-order valence-electron chi connectivity index (χ4n) is 5.39. The summed E-state index contributed by atoms with van der Waals surface area (Å²) in [5.41, 5.74) is 6.23. The Kier molecular flexibility index (Phi) is 13.0. The van der Waals surface area contributed by atoms with Crippen molar-refractivity contribution >= 4 is 68.1 Å². The average molecular weight is 717 g/mol. The highest BCUT2D eigenvalue weighted by Gasteiger charge is 2.28. The summed E-state index contributed by atoms with van der Waals surface area (Å²) in [5.74, 6) is -5.48. The molecule has 0 radical (unpaired) electrons. The molecule has 0 saturated heterocycles. The van der Waals surface area contributed by atoms with Crippen LogP contribution in [0.4, 0.5) is 0 Å². The smallest absolute Gasteiger partial charge is 0.322 e. The number of nitrogens with two attached hydrogens (primary N) is 1. The van der Waals surface area contributed by atoms with Crippen molar-refractivity contribution in [3.8, 4) is 11.5 Å². The zero-order chi connectivity index (χ0) is 36.5. The number of aromatic hydroxyl groups is 2. The fraction of sp³-hybridized carbons (Fsp3) is 0.419. The number of hydrogen-bond acceptors (Lipinski definition) is 13. The number of nitrogens with zero attached hydrogens (tertiary/aromatic N) is 2. The van der Waals surface area contributed by atoms with Gasteiger partial charge in [-0.05, 0) is 25.6 Å². The maximum absolute atomic E-state index is 13.8. The molecular weight excluding hydrogens is 676 g/mol. The number of carboxylic acid groups (broad SMARTS) is 2. The van der Waals surface area contributed by atoms with Crippen molar-refractivity contribution in [1.82, 2.24) is 31.0 Å². The standard InChI is InChI=1S/C31H40N8O10S/c1-33-6-7-35-16-3-4-18-24-23(16)29(47)26-25(27(24)38-39(18)10-8-34-9-11-40)19(41)12-20(28(26)46)50-14-17(31(49)36-13-22(44)45)37-30(48)15(32)2-5-21(42)43/h3-4,12,15,17,33-34,38,40,46-47H,2,5-11,13-14,32H2,1H3,(H,36,49)(H,37,48)(H,42,43)(H,44,45)/t15-,17-/m0/s1. The molecule has 0 bridgehead atoms. The van der Waals surface area contributed by atoms with Crippen LogP contribution in [0, 0.1) is 0 Å². The number of aliphatic hydroxyl groups is 1. The minimum Gasteiger partial charge on any atom is -0.506 e. The van der Waals surface area contributed by atoms with E-state index in [1.54, 1.807) is 17.8 Å². The Morgan fingerprint density at radius 3 is 2.44 bits per heavy atom. The van der Waals surface area contributed by atoms with Crippen molar-refractivity contribution in [2.45, 2.75) is 36.4 Å². The average Bonchev–Trinajstić information content (AvgIpc) is 3.44. The molecule has 0 aliphatic rings. The van der Waals surface area contributed by atoms with E-state index in [0.717, 1.165) is 17.8 Å². The molecule has 2 amide bonds. The number of rotatable bonds is 19. The highest BCUT2D eigenvalue weighted by atomic mass is 32.2. The van der Waals surface area contributed by atoms with Crippen LogP contribution in [0.5, 0.6) is 11.5 Å². The van der Waals surface area contributed by atoms with Crippen LogP contribution < -0.4 is 37.8 Å². The molecule has 1 aromatic heterocycles. The van der Waals surface area contributed by atoms with Gasteiger partial charge in [-0.25, -0.2) is 0 Å². The summed E-state index contributed by atoms with van der Waals surface area (Å²) in [5, 5.41) is 65.3. The number of phenolic OH excluding ortho intramolecular Hbond substituents is 2. The lowest BCUT2D eigenvalue weighted by Crippen LogP contribution is -2.53. The van der Waals surface area contributed by atoms with Gasteiger partial charge in [-0.2, -0.15) is 0 Å². The van der Waals surface area contributed by atoms with Gasteiger partial charge in [0.1, 0.15) is 24.1 Å². The van der Waals surface area contributed by atoms with Gasteiger partial charge < -0.3 is 52.5 Å². The van der Waals surface area contributed by atoms with E-state index in [9.17, 15) is 34.2 Å². The summed E-state index contributed by atoms with van der Waals surface area (Å²) in [6, 6.07) is 1.96. The van der Waals surface area contributed by atoms with Crippen molar-refractivity contribution in [1.29, 1.82) is 0 Å². The number of carboxylic acids is 2. The molecule has 1 heterocycles. The van der Waals surface area contributed by atoms with Gasteiger partial charge in [0, 0.05) is 43.3 Å². The second kappa shape index (κ2) is 17.1. The largest absolute Gasteiger partial charge is 0.506 e. The number of nitrogens with one attached hydrogen (secondary N) is 5. The number of fused-ring (bicyclic) bond motifs is 2. The molecular formula is C31H40N8O10S. The summed E-state index contributed by atoms with van der Waals surface area (Å²) in [6.07, 6.45) is -0.635. The van der Waals surface area contributed by atoms with Crippen LogP contribution in [0.15, 0.2) is 32.9 Å². The van der Waals surface area contributed by atoms with Gasteiger partial charge in [-0.1, -0.05) is 0 Å². The number of carbonyl (C=O) groups is 4. The molecule has 50 heavy (non-hydrogen) atoms. The lowest BCUT2D eigenvalue weighted by molar-refractivity contribution is -0.138. The van der Waals surface area contributed by atoms with Gasteiger partial charge >= 0.3 is 11.9 Å². The molecule has 0 unspecified atom stereocenters. The summed E-state index contributed by atoms with van der Waals surface area (Å²) >= 11 is 0.786. The first kappa shape index (κ1) is 37.9. The Labute approximate surface area is 288 Å². The second-order valence-corrected chi connectivity index (χ2v) is 12.4. The van der Waals surface area contributed by atoms with E-state index in [0.29, 0.717) is 59.9 Å². The van der Waals surface area contributed by atoms with E-state index in [1.807, 2.05) is 6.07 Å². The highest BCUT2D eigenvalue weighted by Crippen LogP contribution is 2.44. The maximum atomic E-state index is 13.8. The third-order valence-electron chi connectivity index (χ3n) is 7.80. The van der Waals surface area contributed by atoms with Crippen molar-refractivity contribution in [3.05, 3.63) is 33.8 Å². The summed E-state index contributed by atoms with van der Waals surface area (Å²) in [7, 11) is 1.77. The van der Waals surface area contributed by atoms with E-state index < -0.39 is 65.7 Å². The molecule has 18 nitrogen and oxygen atoms in total. The number of aliphatic hydroxyl groups excluding tert-OH is 1. The molecule has 12 N–H and O–H groups in total. The van der Waals surface area contributed by atoms with Crippen LogP contribution >= 0.6 is 11.8 Å². The number of aliphatic carboxylic acids is 2. The Morgan fingerprint density at radius 2 is 1.76 bits per heavy atom. The van der Waals surface area contributed by atoms with Crippen LogP contribution in [0.1, 0.15) is 12.8 Å². The first-order valence-corrected chi connectivity index (χ1v) is 16.6. The van der Waals surface area contributed by atoms with E-state index in [4.69, 9.17) is 21.1 Å². The predicted molar refractivity (Wildman–Crippen MR) is 185 cm³/mol. The van der Waals surface area contributed by atoms with Crippen molar-refractivity contribution < 1.29 is 44.7 Å².